The van der Waals surface area contributed by atoms with Crippen LogP contribution in [0.1, 0.15) is 5.69 Å². The van der Waals surface area contributed by atoms with Crippen molar-refractivity contribution >= 4 is 23.2 Å². The number of methoxy groups -OCH3 is 1. The van der Waals surface area contributed by atoms with E-state index in [1.165, 1.54) is 4.68 Å². The number of aromatic hydroxyl groups is 1. The van der Waals surface area contributed by atoms with Crippen LogP contribution in [0.3, 0.4) is 0 Å². The SMILES string of the molecule is COc1cc(N2CCN(C(=O)Cn3nc(O)cc3C)CC2)ccc1Cl. The van der Waals surface area contributed by atoms with Crippen molar-refractivity contribution < 1.29 is 14.6 Å². The third-order valence-electron chi connectivity index (χ3n) is 4.39. The summed E-state index contributed by atoms with van der Waals surface area (Å²) in [6.07, 6.45) is 0. The fraction of sp³-hybridized carbons (Fsp3) is 0.412. The van der Waals surface area contributed by atoms with Gasteiger partial charge in [0.05, 0.1) is 12.1 Å². The Morgan fingerprint density at radius 1 is 1.28 bits per heavy atom. The van der Waals surface area contributed by atoms with E-state index in [0.29, 0.717) is 23.9 Å². The van der Waals surface area contributed by atoms with Crippen molar-refractivity contribution in [1.82, 2.24) is 14.7 Å². The van der Waals surface area contributed by atoms with E-state index in [1.807, 2.05) is 30.0 Å². The second-order valence-corrected chi connectivity index (χ2v) is 6.40. The maximum absolute atomic E-state index is 12.4. The van der Waals surface area contributed by atoms with Crippen LogP contribution in [-0.4, -0.2) is 59.0 Å². The molecule has 134 valence electrons. The Kier molecular flexibility index (Phi) is 5.03. The second-order valence-electron chi connectivity index (χ2n) is 5.99. The third-order valence-corrected chi connectivity index (χ3v) is 4.70. The summed E-state index contributed by atoms with van der Waals surface area (Å²) in [5, 5.41) is 13.9. The van der Waals surface area contributed by atoms with Gasteiger partial charge in [-0.1, -0.05) is 11.6 Å². The minimum Gasteiger partial charge on any atom is -0.495 e. The van der Waals surface area contributed by atoms with E-state index in [4.69, 9.17) is 16.3 Å². The highest BCUT2D eigenvalue weighted by atomic mass is 35.5. The molecule has 1 aromatic heterocycles. The molecule has 0 unspecified atom stereocenters. The fourth-order valence-corrected chi connectivity index (χ4v) is 3.13. The Balaban J connectivity index is 1.60. The molecule has 0 atom stereocenters. The zero-order valence-electron chi connectivity index (χ0n) is 14.3. The van der Waals surface area contributed by atoms with E-state index < -0.39 is 0 Å². The lowest BCUT2D eigenvalue weighted by Crippen LogP contribution is -2.49. The van der Waals surface area contributed by atoms with Gasteiger partial charge < -0.3 is 19.6 Å². The van der Waals surface area contributed by atoms with Gasteiger partial charge in [0.1, 0.15) is 12.3 Å². The van der Waals surface area contributed by atoms with Crippen LogP contribution in [0, 0.1) is 6.92 Å². The second kappa shape index (κ2) is 7.23. The van der Waals surface area contributed by atoms with E-state index in [9.17, 15) is 9.90 Å². The maximum Gasteiger partial charge on any atom is 0.244 e. The van der Waals surface area contributed by atoms with Gasteiger partial charge in [-0.3, -0.25) is 9.48 Å². The van der Waals surface area contributed by atoms with Crippen LogP contribution in [0.25, 0.3) is 0 Å². The van der Waals surface area contributed by atoms with Crippen molar-refractivity contribution in [3.63, 3.8) is 0 Å². The number of benzene rings is 1. The van der Waals surface area contributed by atoms with Crippen molar-refractivity contribution in [3.05, 3.63) is 35.0 Å². The smallest absolute Gasteiger partial charge is 0.244 e. The number of anilines is 1. The molecule has 25 heavy (non-hydrogen) atoms. The zero-order valence-corrected chi connectivity index (χ0v) is 15.0. The highest BCUT2D eigenvalue weighted by Gasteiger charge is 2.22. The van der Waals surface area contributed by atoms with Crippen LogP contribution in [0.5, 0.6) is 11.6 Å². The number of aryl methyl sites for hydroxylation is 1. The number of ether oxygens (including phenoxy) is 1. The summed E-state index contributed by atoms with van der Waals surface area (Å²) >= 11 is 6.07. The van der Waals surface area contributed by atoms with E-state index in [2.05, 4.69) is 10.00 Å². The van der Waals surface area contributed by atoms with Crippen molar-refractivity contribution in [2.24, 2.45) is 0 Å². The first kappa shape index (κ1) is 17.4. The topological polar surface area (TPSA) is 70.8 Å². The Hall–Kier alpha value is -2.41. The van der Waals surface area contributed by atoms with Gasteiger partial charge in [-0.2, -0.15) is 0 Å². The number of carbonyl (C=O) groups is 1. The van der Waals surface area contributed by atoms with Crippen LogP contribution < -0.4 is 9.64 Å². The van der Waals surface area contributed by atoms with E-state index in [0.717, 1.165) is 24.5 Å². The number of halogens is 1. The Labute approximate surface area is 151 Å². The van der Waals surface area contributed by atoms with Gasteiger partial charge >= 0.3 is 0 Å². The molecule has 3 rings (SSSR count). The maximum atomic E-state index is 12.4. The van der Waals surface area contributed by atoms with E-state index >= 15 is 0 Å². The Morgan fingerprint density at radius 2 is 2.00 bits per heavy atom. The molecule has 1 aliphatic heterocycles. The molecule has 1 N–H and O–H groups in total. The van der Waals surface area contributed by atoms with Gasteiger partial charge in [0.2, 0.25) is 11.8 Å². The van der Waals surface area contributed by atoms with Crippen LogP contribution in [0.4, 0.5) is 5.69 Å². The van der Waals surface area contributed by atoms with Gasteiger partial charge in [-0.05, 0) is 19.1 Å². The number of amides is 1. The van der Waals surface area contributed by atoms with Gasteiger partial charge in [0.25, 0.3) is 0 Å². The largest absolute Gasteiger partial charge is 0.495 e. The molecule has 7 nitrogen and oxygen atoms in total. The molecule has 1 fully saturated rings. The molecule has 0 aliphatic carbocycles. The lowest BCUT2D eigenvalue weighted by atomic mass is 10.2. The van der Waals surface area contributed by atoms with E-state index in [-0.39, 0.29) is 18.3 Å². The number of hydrogen-bond donors (Lipinski definition) is 1. The molecule has 1 aliphatic rings. The molecular weight excluding hydrogens is 344 g/mol. The fourth-order valence-electron chi connectivity index (χ4n) is 2.94. The number of hydrogen-bond acceptors (Lipinski definition) is 5. The lowest BCUT2D eigenvalue weighted by Gasteiger charge is -2.36. The summed E-state index contributed by atoms with van der Waals surface area (Å²) < 4.78 is 6.78. The molecule has 0 saturated carbocycles. The highest BCUT2D eigenvalue weighted by molar-refractivity contribution is 6.32. The van der Waals surface area contributed by atoms with Crippen molar-refractivity contribution in [2.75, 3.05) is 38.2 Å². The standard InChI is InChI=1S/C17H21ClN4O3/c1-12-9-16(23)19-22(12)11-17(24)21-7-5-20(6-8-21)13-3-4-14(18)15(10-13)25-2/h3-4,9-10H,5-8,11H2,1-2H3,(H,19,23). The lowest BCUT2D eigenvalue weighted by molar-refractivity contribution is -0.132. The zero-order chi connectivity index (χ0) is 18.0. The summed E-state index contributed by atoms with van der Waals surface area (Å²) in [5.41, 5.74) is 1.79. The molecule has 1 amide bonds. The van der Waals surface area contributed by atoms with Gasteiger partial charge in [-0.15, -0.1) is 5.10 Å². The molecule has 0 spiro atoms. The average Bonchev–Trinajstić information content (AvgIpc) is 2.92. The predicted molar refractivity (Wildman–Crippen MR) is 95.4 cm³/mol. The summed E-state index contributed by atoms with van der Waals surface area (Å²) in [7, 11) is 1.59. The molecule has 1 aromatic carbocycles. The van der Waals surface area contributed by atoms with Gasteiger partial charge in [0, 0.05) is 49.7 Å². The molecule has 0 radical (unpaired) electrons. The molecule has 2 heterocycles. The Bertz CT molecular complexity index is 769. The number of rotatable bonds is 4. The normalized spacial score (nSPS) is 14.7. The summed E-state index contributed by atoms with van der Waals surface area (Å²) in [6.45, 7) is 4.69. The molecule has 2 aromatic rings. The van der Waals surface area contributed by atoms with Crippen LogP contribution in [0.15, 0.2) is 24.3 Å². The van der Waals surface area contributed by atoms with Crippen LogP contribution >= 0.6 is 11.6 Å². The first-order valence-electron chi connectivity index (χ1n) is 8.07. The van der Waals surface area contributed by atoms with Crippen molar-refractivity contribution in [3.8, 4) is 11.6 Å². The molecule has 1 saturated heterocycles. The number of piperazine rings is 1. The molecule has 0 bridgehead atoms. The van der Waals surface area contributed by atoms with Gasteiger partial charge in [-0.25, -0.2) is 0 Å². The number of nitrogens with zero attached hydrogens (tertiary/aromatic N) is 4. The van der Waals surface area contributed by atoms with E-state index in [1.54, 1.807) is 13.2 Å². The van der Waals surface area contributed by atoms with Crippen molar-refractivity contribution in [1.29, 1.82) is 0 Å². The Morgan fingerprint density at radius 3 is 2.60 bits per heavy atom. The first-order valence-corrected chi connectivity index (χ1v) is 8.45. The molecular formula is C17H21ClN4O3. The summed E-state index contributed by atoms with van der Waals surface area (Å²) in [4.78, 5) is 16.5. The minimum atomic E-state index is -0.0631. The minimum absolute atomic E-state index is 0.000429. The van der Waals surface area contributed by atoms with Crippen LogP contribution in [-0.2, 0) is 11.3 Å². The predicted octanol–water partition coefficient (Wildman–Crippen LogP) is 1.91. The van der Waals surface area contributed by atoms with Crippen molar-refractivity contribution in [2.45, 2.75) is 13.5 Å². The third kappa shape index (κ3) is 3.82. The number of carbonyl (C=O) groups excluding carboxylic acids is 1. The van der Waals surface area contributed by atoms with Gasteiger partial charge in [0.15, 0.2) is 0 Å². The monoisotopic (exact) mass is 364 g/mol. The summed E-state index contributed by atoms with van der Waals surface area (Å²) in [5.74, 6) is 0.581. The average molecular weight is 365 g/mol. The quantitative estimate of drug-likeness (QED) is 0.897. The molecule has 8 heteroatoms. The highest BCUT2D eigenvalue weighted by Crippen LogP contribution is 2.29. The van der Waals surface area contributed by atoms with Crippen LogP contribution in [0.2, 0.25) is 5.02 Å². The number of aromatic nitrogens is 2. The summed E-state index contributed by atoms with van der Waals surface area (Å²) in [6, 6.07) is 7.23. The first-order chi connectivity index (χ1) is 12.0.